The van der Waals surface area contributed by atoms with Crippen LogP contribution < -0.4 is 4.90 Å². The molecule has 1 aliphatic carbocycles. The highest BCUT2D eigenvalue weighted by molar-refractivity contribution is 5.97. The minimum Gasteiger partial charge on any atom is -0.459 e. The SMILES string of the molecule is CCCc1nc2cc(N(Cc3ccccc3)C(=O)C3CCCC3)ccc2n1CC(=O)OC(C)(C)C. The molecular weight excluding hydrogens is 438 g/mol. The lowest BCUT2D eigenvalue weighted by molar-refractivity contribution is -0.155. The zero-order valence-corrected chi connectivity index (χ0v) is 21.4. The van der Waals surface area contributed by atoms with Crippen molar-refractivity contribution < 1.29 is 14.3 Å². The standard InChI is InChI=1S/C29H37N3O3/c1-5-11-26-30-24-18-23(16-17-25(24)32(26)20-27(33)35-29(2,3)4)31(19-21-12-7-6-8-13-21)28(34)22-14-9-10-15-22/h6-8,12-13,16-18,22H,5,9-11,14-15,19-20H2,1-4H3. The fourth-order valence-corrected chi connectivity index (χ4v) is 4.89. The zero-order chi connectivity index (χ0) is 25.0. The molecule has 2 aromatic carbocycles. The van der Waals surface area contributed by atoms with Gasteiger partial charge < -0.3 is 14.2 Å². The number of ether oxygens (including phenoxy) is 1. The molecule has 4 rings (SSSR count). The second-order valence-electron chi connectivity index (χ2n) is 10.5. The summed E-state index contributed by atoms with van der Waals surface area (Å²) in [7, 11) is 0. The normalized spacial score (nSPS) is 14.4. The molecule has 3 aromatic rings. The molecule has 0 radical (unpaired) electrons. The fourth-order valence-electron chi connectivity index (χ4n) is 4.89. The number of aromatic nitrogens is 2. The number of anilines is 1. The molecule has 0 saturated heterocycles. The summed E-state index contributed by atoms with van der Waals surface area (Å²) >= 11 is 0. The predicted octanol–water partition coefficient (Wildman–Crippen LogP) is 6.05. The van der Waals surface area contributed by atoms with Gasteiger partial charge in [0.1, 0.15) is 18.0 Å². The maximum Gasteiger partial charge on any atom is 0.326 e. The number of carbonyl (C=O) groups excluding carboxylic acids is 2. The molecule has 0 aliphatic heterocycles. The summed E-state index contributed by atoms with van der Waals surface area (Å²) in [6, 6.07) is 16.1. The summed E-state index contributed by atoms with van der Waals surface area (Å²) in [5.41, 5.74) is 3.09. The average Bonchev–Trinajstić information content (AvgIpc) is 3.45. The number of hydrogen-bond donors (Lipinski definition) is 0. The zero-order valence-electron chi connectivity index (χ0n) is 21.4. The van der Waals surface area contributed by atoms with Gasteiger partial charge in [-0.25, -0.2) is 4.98 Å². The number of imidazole rings is 1. The number of fused-ring (bicyclic) bond motifs is 1. The molecule has 1 amide bonds. The van der Waals surface area contributed by atoms with Crippen LogP contribution in [0.25, 0.3) is 11.0 Å². The number of hydrogen-bond acceptors (Lipinski definition) is 4. The van der Waals surface area contributed by atoms with Crippen molar-refractivity contribution in [2.24, 2.45) is 5.92 Å². The first-order valence-corrected chi connectivity index (χ1v) is 12.8. The molecule has 0 unspecified atom stereocenters. The minimum absolute atomic E-state index is 0.0785. The van der Waals surface area contributed by atoms with Gasteiger partial charge in [-0.1, -0.05) is 50.1 Å². The largest absolute Gasteiger partial charge is 0.459 e. The van der Waals surface area contributed by atoms with Gasteiger partial charge in [0.25, 0.3) is 0 Å². The quantitative estimate of drug-likeness (QED) is 0.372. The van der Waals surface area contributed by atoms with Crippen molar-refractivity contribution in [1.82, 2.24) is 9.55 Å². The first-order valence-electron chi connectivity index (χ1n) is 12.8. The van der Waals surface area contributed by atoms with Crippen molar-refractivity contribution in [2.75, 3.05) is 4.90 Å². The van der Waals surface area contributed by atoms with E-state index in [4.69, 9.17) is 9.72 Å². The lowest BCUT2D eigenvalue weighted by atomic mass is 10.0. The molecule has 186 valence electrons. The van der Waals surface area contributed by atoms with E-state index in [-0.39, 0.29) is 24.3 Å². The Balaban J connectivity index is 1.69. The van der Waals surface area contributed by atoms with Crippen molar-refractivity contribution in [1.29, 1.82) is 0 Å². The molecule has 6 nitrogen and oxygen atoms in total. The molecule has 1 aromatic heterocycles. The van der Waals surface area contributed by atoms with E-state index in [1.165, 1.54) is 0 Å². The molecule has 6 heteroatoms. The highest BCUT2D eigenvalue weighted by Crippen LogP contribution is 2.31. The summed E-state index contributed by atoms with van der Waals surface area (Å²) < 4.78 is 7.52. The van der Waals surface area contributed by atoms with Crippen molar-refractivity contribution in [3.63, 3.8) is 0 Å². The van der Waals surface area contributed by atoms with Crippen LogP contribution in [0, 0.1) is 5.92 Å². The van der Waals surface area contributed by atoms with Gasteiger partial charge in [-0.05, 0) is 63.8 Å². The van der Waals surface area contributed by atoms with Gasteiger partial charge in [0.15, 0.2) is 0 Å². The van der Waals surface area contributed by atoms with Crippen LogP contribution in [-0.4, -0.2) is 27.0 Å². The van der Waals surface area contributed by atoms with Gasteiger partial charge >= 0.3 is 5.97 Å². The Morgan fingerprint density at radius 1 is 1.09 bits per heavy atom. The summed E-state index contributed by atoms with van der Waals surface area (Å²) in [6.45, 7) is 8.38. The first-order chi connectivity index (χ1) is 16.7. The molecule has 1 heterocycles. The van der Waals surface area contributed by atoms with Crippen LogP contribution in [0.2, 0.25) is 0 Å². The van der Waals surface area contributed by atoms with E-state index in [0.717, 1.165) is 66.6 Å². The number of nitrogens with zero attached hydrogens (tertiary/aromatic N) is 3. The van der Waals surface area contributed by atoms with Crippen molar-refractivity contribution >= 4 is 28.6 Å². The molecule has 35 heavy (non-hydrogen) atoms. The van der Waals surface area contributed by atoms with Crippen molar-refractivity contribution in [2.45, 2.75) is 84.9 Å². The summed E-state index contributed by atoms with van der Waals surface area (Å²) in [6.07, 6.45) is 5.83. The Labute approximate surface area is 208 Å². The van der Waals surface area contributed by atoms with Crippen LogP contribution in [0.5, 0.6) is 0 Å². The molecule has 0 spiro atoms. The van der Waals surface area contributed by atoms with Crippen LogP contribution >= 0.6 is 0 Å². The van der Waals surface area contributed by atoms with E-state index in [0.29, 0.717) is 6.54 Å². The van der Waals surface area contributed by atoms with Crippen LogP contribution in [0.15, 0.2) is 48.5 Å². The van der Waals surface area contributed by atoms with Crippen LogP contribution in [0.3, 0.4) is 0 Å². The Morgan fingerprint density at radius 2 is 1.80 bits per heavy atom. The highest BCUT2D eigenvalue weighted by Gasteiger charge is 2.29. The maximum atomic E-state index is 13.6. The molecule has 0 atom stereocenters. The van der Waals surface area contributed by atoms with Gasteiger partial charge in [0, 0.05) is 18.0 Å². The molecule has 0 N–H and O–H groups in total. The molecule has 1 aliphatic rings. The Bertz CT molecular complexity index is 1170. The van der Waals surface area contributed by atoms with Gasteiger partial charge in [0.2, 0.25) is 5.91 Å². The van der Waals surface area contributed by atoms with Gasteiger partial charge in [-0.3, -0.25) is 9.59 Å². The monoisotopic (exact) mass is 475 g/mol. The molecule has 1 saturated carbocycles. The third kappa shape index (κ3) is 6.11. The summed E-state index contributed by atoms with van der Waals surface area (Å²) in [5.74, 6) is 0.852. The maximum absolute atomic E-state index is 13.6. The van der Waals surface area contributed by atoms with Crippen LogP contribution in [-0.2, 0) is 33.8 Å². The second kappa shape index (κ2) is 10.6. The molecule has 1 fully saturated rings. The number of esters is 1. The van der Waals surface area contributed by atoms with Gasteiger partial charge in [-0.15, -0.1) is 0 Å². The topological polar surface area (TPSA) is 64.4 Å². The molecule has 0 bridgehead atoms. The molecular formula is C29H37N3O3. The second-order valence-corrected chi connectivity index (χ2v) is 10.5. The fraction of sp³-hybridized carbons (Fsp3) is 0.483. The van der Waals surface area contributed by atoms with Crippen molar-refractivity contribution in [3.05, 3.63) is 59.9 Å². The smallest absolute Gasteiger partial charge is 0.326 e. The Kier molecular flexibility index (Phi) is 7.58. The summed E-state index contributed by atoms with van der Waals surface area (Å²) in [4.78, 5) is 33.0. The number of aryl methyl sites for hydroxylation is 1. The highest BCUT2D eigenvalue weighted by atomic mass is 16.6. The number of benzene rings is 2. The number of carbonyl (C=O) groups is 2. The van der Waals surface area contributed by atoms with E-state index < -0.39 is 5.60 Å². The average molecular weight is 476 g/mol. The predicted molar refractivity (Wildman–Crippen MR) is 139 cm³/mol. The third-order valence-electron chi connectivity index (χ3n) is 6.46. The first kappa shape index (κ1) is 25.0. The van der Waals surface area contributed by atoms with Gasteiger partial charge in [0.05, 0.1) is 17.6 Å². The lowest BCUT2D eigenvalue weighted by Crippen LogP contribution is -2.34. The number of rotatable bonds is 8. The number of amides is 1. The Hall–Kier alpha value is -3.15. The summed E-state index contributed by atoms with van der Waals surface area (Å²) in [5, 5.41) is 0. The lowest BCUT2D eigenvalue weighted by Gasteiger charge is -2.26. The Morgan fingerprint density at radius 3 is 2.46 bits per heavy atom. The van der Waals surface area contributed by atoms with Crippen molar-refractivity contribution in [3.8, 4) is 0 Å². The van der Waals surface area contributed by atoms with E-state index in [9.17, 15) is 9.59 Å². The van der Waals surface area contributed by atoms with Gasteiger partial charge in [-0.2, -0.15) is 0 Å². The van der Waals surface area contributed by atoms with Crippen LogP contribution in [0.4, 0.5) is 5.69 Å². The van der Waals surface area contributed by atoms with E-state index in [1.54, 1.807) is 0 Å². The van der Waals surface area contributed by atoms with E-state index in [1.807, 2.05) is 66.6 Å². The van der Waals surface area contributed by atoms with E-state index in [2.05, 4.69) is 19.1 Å². The minimum atomic E-state index is -0.538. The van der Waals surface area contributed by atoms with Crippen LogP contribution in [0.1, 0.15) is 71.2 Å². The van der Waals surface area contributed by atoms with E-state index >= 15 is 0 Å². The third-order valence-corrected chi connectivity index (χ3v) is 6.46.